The van der Waals surface area contributed by atoms with Crippen molar-refractivity contribution < 1.29 is 19.1 Å². The summed E-state index contributed by atoms with van der Waals surface area (Å²) in [6, 6.07) is 3.87. The van der Waals surface area contributed by atoms with Gasteiger partial charge in [-0.15, -0.1) is 0 Å². The Bertz CT molecular complexity index is 513. The highest BCUT2D eigenvalue weighted by Crippen LogP contribution is 2.20. The number of likely N-dealkylation sites (tertiary alicyclic amines) is 1. The first-order chi connectivity index (χ1) is 9.59. The van der Waals surface area contributed by atoms with E-state index in [1.165, 1.54) is 18.2 Å². The molecule has 1 saturated heterocycles. The van der Waals surface area contributed by atoms with Crippen LogP contribution in [0.3, 0.4) is 0 Å². The fourth-order valence-electron chi connectivity index (χ4n) is 2.30. The molecule has 2 rings (SSSR count). The molecular formula is C14H17FN2O3. The molecule has 1 fully saturated rings. The van der Waals surface area contributed by atoms with Crippen molar-refractivity contribution >= 4 is 17.6 Å². The molecule has 0 radical (unpaired) electrons. The van der Waals surface area contributed by atoms with Crippen LogP contribution in [0.15, 0.2) is 18.2 Å². The first-order valence-electron chi connectivity index (χ1n) is 6.63. The summed E-state index contributed by atoms with van der Waals surface area (Å²) in [7, 11) is 0. The van der Waals surface area contributed by atoms with Crippen LogP contribution in [0, 0.1) is 5.82 Å². The number of para-hydroxylation sites is 1. The Morgan fingerprint density at radius 3 is 2.65 bits per heavy atom. The summed E-state index contributed by atoms with van der Waals surface area (Å²) >= 11 is 0. The van der Waals surface area contributed by atoms with Gasteiger partial charge in [0.1, 0.15) is 5.82 Å². The Balaban J connectivity index is 1.93. The maximum Gasteiger partial charge on any atom is 0.337 e. The number of halogens is 1. The standard InChI is InChI=1S/C14H17FN2O3/c15-11-5-3-4-10(14(19)20)13(11)16-7-6-12(18)17-8-1-2-9-17/h3-5,16H,1-2,6-9H2,(H,19,20). The Kier molecular flexibility index (Phi) is 4.55. The SMILES string of the molecule is O=C(O)c1cccc(F)c1NCCC(=O)N1CCCC1. The molecule has 5 nitrogen and oxygen atoms in total. The molecule has 1 aromatic rings. The maximum absolute atomic E-state index is 13.6. The van der Waals surface area contributed by atoms with E-state index in [-0.39, 0.29) is 30.1 Å². The Morgan fingerprint density at radius 1 is 1.30 bits per heavy atom. The zero-order valence-electron chi connectivity index (χ0n) is 11.1. The van der Waals surface area contributed by atoms with E-state index in [1.54, 1.807) is 4.90 Å². The van der Waals surface area contributed by atoms with Crippen molar-refractivity contribution in [2.24, 2.45) is 0 Å². The molecular weight excluding hydrogens is 263 g/mol. The van der Waals surface area contributed by atoms with Crippen LogP contribution in [-0.4, -0.2) is 41.5 Å². The number of nitrogens with zero attached hydrogens (tertiary/aromatic N) is 1. The third-order valence-corrected chi connectivity index (χ3v) is 3.34. The number of anilines is 1. The molecule has 0 bridgehead atoms. The normalized spacial score (nSPS) is 14.3. The molecule has 0 aliphatic carbocycles. The molecule has 0 aromatic heterocycles. The summed E-state index contributed by atoms with van der Waals surface area (Å²) < 4.78 is 13.6. The molecule has 108 valence electrons. The molecule has 1 heterocycles. The largest absolute Gasteiger partial charge is 0.478 e. The average molecular weight is 280 g/mol. The van der Waals surface area contributed by atoms with Gasteiger partial charge in [-0.3, -0.25) is 4.79 Å². The van der Waals surface area contributed by atoms with Gasteiger partial charge >= 0.3 is 5.97 Å². The molecule has 0 atom stereocenters. The summed E-state index contributed by atoms with van der Waals surface area (Å²) in [4.78, 5) is 24.6. The van der Waals surface area contributed by atoms with Crippen LogP contribution < -0.4 is 5.32 Å². The van der Waals surface area contributed by atoms with Gasteiger partial charge in [0.25, 0.3) is 0 Å². The Hall–Kier alpha value is -2.11. The van der Waals surface area contributed by atoms with Gasteiger partial charge in [0.15, 0.2) is 0 Å². The van der Waals surface area contributed by atoms with Gasteiger partial charge < -0.3 is 15.3 Å². The van der Waals surface area contributed by atoms with E-state index in [4.69, 9.17) is 5.11 Å². The van der Waals surface area contributed by atoms with Crippen LogP contribution in [0.25, 0.3) is 0 Å². The monoisotopic (exact) mass is 280 g/mol. The van der Waals surface area contributed by atoms with Crippen molar-refractivity contribution in [2.45, 2.75) is 19.3 Å². The number of benzene rings is 1. The van der Waals surface area contributed by atoms with Crippen LogP contribution in [0.5, 0.6) is 0 Å². The number of aromatic carboxylic acids is 1. The average Bonchev–Trinajstić information content (AvgIpc) is 2.94. The number of carboxylic acid groups (broad SMARTS) is 1. The van der Waals surface area contributed by atoms with Gasteiger partial charge in [0.05, 0.1) is 11.3 Å². The zero-order chi connectivity index (χ0) is 14.5. The smallest absolute Gasteiger partial charge is 0.337 e. The van der Waals surface area contributed by atoms with E-state index in [1.807, 2.05) is 0 Å². The lowest BCUT2D eigenvalue weighted by atomic mass is 10.1. The van der Waals surface area contributed by atoms with Crippen LogP contribution in [0.1, 0.15) is 29.6 Å². The third kappa shape index (κ3) is 3.26. The van der Waals surface area contributed by atoms with Crippen molar-refractivity contribution in [2.75, 3.05) is 25.0 Å². The van der Waals surface area contributed by atoms with E-state index >= 15 is 0 Å². The van der Waals surface area contributed by atoms with Crippen LogP contribution >= 0.6 is 0 Å². The molecule has 2 N–H and O–H groups in total. The first kappa shape index (κ1) is 14.3. The number of carboxylic acids is 1. The molecule has 0 saturated carbocycles. The second-order valence-corrected chi connectivity index (χ2v) is 4.73. The van der Waals surface area contributed by atoms with Gasteiger partial charge in [0.2, 0.25) is 5.91 Å². The zero-order valence-corrected chi connectivity index (χ0v) is 11.1. The van der Waals surface area contributed by atoms with Gasteiger partial charge in [-0.2, -0.15) is 0 Å². The van der Waals surface area contributed by atoms with Gasteiger partial charge in [-0.25, -0.2) is 9.18 Å². The van der Waals surface area contributed by atoms with Crippen LogP contribution in [0.4, 0.5) is 10.1 Å². The number of rotatable bonds is 5. The van der Waals surface area contributed by atoms with Gasteiger partial charge in [0, 0.05) is 26.1 Å². The summed E-state index contributed by atoms with van der Waals surface area (Å²) in [5.74, 6) is -1.81. The topological polar surface area (TPSA) is 69.6 Å². The van der Waals surface area contributed by atoms with Crippen molar-refractivity contribution in [3.8, 4) is 0 Å². The molecule has 1 aromatic carbocycles. The number of amides is 1. The highest BCUT2D eigenvalue weighted by Gasteiger charge is 2.18. The van der Waals surface area contributed by atoms with E-state index in [0.717, 1.165) is 25.9 Å². The minimum atomic E-state index is -1.20. The fourth-order valence-corrected chi connectivity index (χ4v) is 2.30. The molecule has 1 amide bonds. The second-order valence-electron chi connectivity index (χ2n) is 4.73. The maximum atomic E-state index is 13.6. The second kappa shape index (κ2) is 6.36. The number of carbonyl (C=O) groups is 2. The molecule has 6 heteroatoms. The Labute approximate surface area is 116 Å². The highest BCUT2D eigenvalue weighted by molar-refractivity contribution is 5.94. The molecule has 0 spiro atoms. The Morgan fingerprint density at radius 2 is 2.00 bits per heavy atom. The first-order valence-corrected chi connectivity index (χ1v) is 6.63. The lowest BCUT2D eigenvalue weighted by Gasteiger charge is -2.16. The molecule has 0 unspecified atom stereocenters. The van der Waals surface area contributed by atoms with Crippen molar-refractivity contribution in [1.82, 2.24) is 4.90 Å². The van der Waals surface area contributed by atoms with E-state index in [9.17, 15) is 14.0 Å². The van der Waals surface area contributed by atoms with E-state index < -0.39 is 11.8 Å². The predicted octanol–water partition coefficient (Wildman–Crippen LogP) is 1.95. The summed E-state index contributed by atoms with van der Waals surface area (Å²) in [5.41, 5.74) is -0.187. The third-order valence-electron chi connectivity index (χ3n) is 3.34. The number of hydrogen-bond donors (Lipinski definition) is 2. The quantitative estimate of drug-likeness (QED) is 0.865. The van der Waals surface area contributed by atoms with Crippen molar-refractivity contribution in [3.05, 3.63) is 29.6 Å². The van der Waals surface area contributed by atoms with Gasteiger partial charge in [-0.1, -0.05) is 6.07 Å². The lowest BCUT2D eigenvalue weighted by Crippen LogP contribution is -2.29. The molecule has 1 aliphatic rings. The summed E-state index contributed by atoms with van der Waals surface area (Å²) in [6.45, 7) is 1.77. The van der Waals surface area contributed by atoms with Crippen LogP contribution in [-0.2, 0) is 4.79 Å². The van der Waals surface area contributed by atoms with E-state index in [0.29, 0.717) is 0 Å². The van der Waals surface area contributed by atoms with E-state index in [2.05, 4.69) is 5.32 Å². The van der Waals surface area contributed by atoms with Crippen LogP contribution in [0.2, 0.25) is 0 Å². The van der Waals surface area contributed by atoms with Crippen molar-refractivity contribution in [3.63, 3.8) is 0 Å². The number of nitrogens with one attached hydrogen (secondary N) is 1. The highest BCUT2D eigenvalue weighted by atomic mass is 19.1. The minimum Gasteiger partial charge on any atom is -0.478 e. The summed E-state index contributed by atoms with van der Waals surface area (Å²) in [5, 5.41) is 11.7. The summed E-state index contributed by atoms with van der Waals surface area (Å²) in [6.07, 6.45) is 2.28. The number of carbonyl (C=O) groups excluding carboxylic acids is 1. The predicted molar refractivity (Wildman–Crippen MR) is 72.3 cm³/mol. The van der Waals surface area contributed by atoms with Gasteiger partial charge in [-0.05, 0) is 25.0 Å². The van der Waals surface area contributed by atoms with Crippen molar-refractivity contribution in [1.29, 1.82) is 0 Å². The number of hydrogen-bond acceptors (Lipinski definition) is 3. The minimum absolute atomic E-state index is 0.0169. The lowest BCUT2D eigenvalue weighted by molar-refractivity contribution is -0.129. The fraction of sp³-hybridized carbons (Fsp3) is 0.429. The molecule has 1 aliphatic heterocycles. The molecule has 20 heavy (non-hydrogen) atoms.